The van der Waals surface area contributed by atoms with Crippen LogP contribution in [0, 0.1) is 15.9 Å². The minimum atomic E-state index is -1.18. The van der Waals surface area contributed by atoms with E-state index in [1.807, 2.05) is 0 Å². The van der Waals surface area contributed by atoms with Crippen molar-refractivity contribution in [3.05, 3.63) is 45.2 Å². The molecule has 0 fully saturated rings. The van der Waals surface area contributed by atoms with Crippen LogP contribution in [0.1, 0.15) is 0 Å². The van der Waals surface area contributed by atoms with E-state index in [9.17, 15) is 19.3 Å². The van der Waals surface area contributed by atoms with Crippen molar-refractivity contribution >= 4 is 33.3 Å². The quantitative estimate of drug-likeness (QED) is 0.491. The maximum absolute atomic E-state index is 13.5. The minimum Gasteiger partial charge on any atom is -0.480 e. The Kier molecular flexibility index (Phi) is 4.99. The molecule has 0 saturated heterocycles. The van der Waals surface area contributed by atoms with Gasteiger partial charge in [0.2, 0.25) is 0 Å². The number of anilines is 1. The van der Waals surface area contributed by atoms with Gasteiger partial charge in [0.1, 0.15) is 18.0 Å². The summed E-state index contributed by atoms with van der Waals surface area (Å²) in [4.78, 5) is 22.1. The van der Waals surface area contributed by atoms with Crippen molar-refractivity contribution in [1.29, 1.82) is 0 Å². The predicted molar refractivity (Wildman–Crippen MR) is 70.8 cm³/mol. The van der Waals surface area contributed by atoms with Crippen molar-refractivity contribution in [2.75, 3.05) is 18.0 Å². The summed E-state index contributed by atoms with van der Waals surface area (Å²) < 4.78 is 13.4. The van der Waals surface area contributed by atoms with Crippen molar-refractivity contribution in [3.8, 4) is 0 Å². The molecule has 0 aliphatic rings. The fraction of sp³-hybridized carbons (Fsp3) is 0.182. The lowest BCUT2D eigenvalue weighted by molar-refractivity contribution is -0.384. The van der Waals surface area contributed by atoms with Crippen molar-refractivity contribution in [2.45, 2.75) is 0 Å². The number of benzene rings is 1. The first-order valence-corrected chi connectivity index (χ1v) is 5.87. The number of carboxylic acids is 1. The van der Waals surface area contributed by atoms with E-state index >= 15 is 0 Å². The fourth-order valence-corrected chi connectivity index (χ4v) is 1.82. The Balaban J connectivity index is 3.34. The Morgan fingerprint density at radius 2 is 2.26 bits per heavy atom. The maximum atomic E-state index is 13.5. The zero-order valence-electron chi connectivity index (χ0n) is 9.68. The van der Waals surface area contributed by atoms with Crippen LogP contribution in [0.2, 0.25) is 0 Å². The zero-order chi connectivity index (χ0) is 14.6. The number of nitrogens with zero attached hydrogens (tertiary/aromatic N) is 2. The highest BCUT2D eigenvalue weighted by atomic mass is 79.9. The van der Waals surface area contributed by atoms with E-state index in [0.29, 0.717) is 0 Å². The van der Waals surface area contributed by atoms with Gasteiger partial charge in [-0.2, -0.15) is 0 Å². The molecule has 0 amide bonds. The SMILES string of the molecule is C=CCN(CC(=O)O)c1cc(F)c(Br)cc1[N+](=O)[O-]. The van der Waals surface area contributed by atoms with Crippen LogP contribution < -0.4 is 4.90 Å². The molecule has 19 heavy (non-hydrogen) atoms. The summed E-state index contributed by atoms with van der Waals surface area (Å²) in [7, 11) is 0. The molecule has 0 atom stereocenters. The van der Waals surface area contributed by atoms with Gasteiger partial charge in [-0.25, -0.2) is 4.39 Å². The summed E-state index contributed by atoms with van der Waals surface area (Å²) in [6, 6.07) is 1.93. The number of halogens is 2. The molecule has 0 bridgehead atoms. The molecule has 0 heterocycles. The number of rotatable bonds is 6. The number of nitro benzene ring substituents is 1. The van der Waals surface area contributed by atoms with Gasteiger partial charge in [0.15, 0.2) is 0 Å². The van der Waals surface area contributed by atoms with Crippen molar-refractivity contribution in [3.63, 3.8) is 0 Å². The van der Waals surface area contributed by atoms with E-state index in [0.717, 1.165) is 17.0 Å². The average molecular weight is 333 g/mol. The van der Waals surface area contributed by atoms with E-state index in [4.69, 9.17) is 5.11 Å². The van der Waals surface area contributed by atoms with Crippen LogP contribution >= 0.6 is 15.9 Å². The van der Waals surface area contributed by atoms with Gasteiger partial charge in [-0.3, -0.25) is 14.9 Å². The van der Waals surface area contributed by atoms with Crippen LogP contribution in [0.15, 0.2) is 29.3 Å². The molecular weight excluding hydrogens is 323 g/mol. The standard InChI is InChI=1S/C11H10BrFN2O4/c1-2-3-14(6-11(16)17)9-5-8(13)7(12)4-10(9)15(18)19/h2,4-5H,1,3,6H2,(H,16,17). The lowest BCUT2D eigenvalue weighted by Crippen LogP contribution is -2.30. The molecule has 102 valence electrons. The maximum Gasteiger partial charge on any atom is 0.323 e. The minimum absolute atomic E-state index is 0.0498. The van der Waals surface area contributed by atoms with Crippen molar-refractivity contribution < 1.29 is 19.2 Å². The van der Waals surface area contributed by atoms with Gasteiger partial charge in [0, 0.05) is 18.7 Å². The molecule has 0 saturated carbocycles. The topological polar surface area (TPSA) is 83.7 Å². The predicted octanol–water partition coefficient (Wildman–Crippen LogP) is 2.57. The number of aliphatic carboxylic acids is 1. The van der Waals surface area contributed by atoms with Crippen molar-refractivity contribution in [2.24, 2.45) is 0 Å². The molecule has 1 aromatic carbocycles. The van der Waals surface area contributed by atoms with Crippen LogP contribution in [-0.4, -0.2) is 29.1 Å². The highest BCUT2D eigenvalue weighted by molar-refractivity contribution is 9.10. The molecular formula is C11H10BrFN2O4. The second-order valence-corrected chi connectivity index (χ2v) is 4.43. The highest BCUT2D eigenvalue weighted by Gasteiger charge is 2.23. The van der Waals surface area contributed by atoms with E-state index in [1.165, 1.54) is 6.08 Å². The molecule has 1 N–H and O–H groups in total. The van der Waals surface area contributed by atoms with Gasteiger partial charge >= 0.3 is 5.97 Å². The van der Waals surface area contributed by atoms with Crippen molar-refractivity contribution in [1.82, 2.24) is 0 Å². The molecule has 0 aromatic heterocycles. The smallest absolute Gasteiger partial charge is 0.323 e. The van der Waals surface area contributed by atoms with Crippen LogP contribution in [0.5, 0.6) is 0 Å². The van der Waals surface area contributed by atoms with Gasteiger partial charge in [0.25, 0.3) is 5.69 Å². The van der Waals surface area contributed by atoms with Crippen LogP contribution in [0.4, 0.5) is 15.8 Å². The number of hydrogen-bond donors (Lipinski definition) is 1. The lowest BCUT2D eigenvalue weighted by Gasteiger charge is -2.21. The molecule has 0 aliphatic carbocycles. The zero-order valence-corrected chi connectivity index (χ0v) is 11.3. The third-order valence-corrected chi connectivity index (χ3v) is 2.84. The summed E-state index contributed by atoms with van der Waals surface area (Å²) in [5.74, 6) is -1.89. The molecule has 1 rings (SSSR count). The molecule has 0 unspecified atom stereocenters. The van der Waals surface area contributed by atoms with Gasteiger partial charge in [-0.1, -0.05) is 6.08 Å². The summed E-state index contributed by atoms with van der Waals surface area (Å²) in [5, 5.41) is 19.7. The third-order valence-electron chi connectivity index (χ3n) is 2.23. The Morgan fingerprint density at radius 3 is 2.74 bits per heavy atom. The summed E-state index contributed by atoms with van der Waals surface area (Å²) in [5.41, 5.74) is -0.482. The van der Waals surface area contributed by atoms with Crippen LogP contribution in [-0.2, 0) is 4.79 Å². The Bertz CT molecular complexity index is 536. The number of carbonyl (C=O) groups is 1. The second kappa shape index (κ2) is 6.28. The summed E-state index contributed by atoms with van der Waals surface area (Å²) >= 11 is 2.85. The molecule has 6 nitrogen and oxygen atoms in total. The van der Waals surface area contributed by atoms with E-state index in [1.54, 1.807) is 0 Å². The fourth-order valence-electron chi connectivity index (χ4n) is 1.49. The highest BCUT2D eigenvalue weighted by Crippen LogP contribution is 2.33. The van der Waals surface area contributed by atoms with Crippen LogP contribution in [0.3, 0.4) is 0 Å². The number of carboxylic acid groups (broad SMARTS) is 1. The summed E-state index contributed by atoms with van der Waals surface area (Å²) in [6.45, 7) is 3.00. The van der Waals surface area contributed by atoms with Crippen LogP contribution in [0.25, 0.3) is 0 Å². The molecule has 0 spiro atoms. The Hall–Kier alpha value is -1.96. The van der Waals surface area contributed by atoms with Gasteiger partial charge in [0.05, 0.1) is 9.40 Å². The number of nitro groups is 1. The first kappa shape index (κ1) is 15.1. The first-order chi connectivity index (χ1) is 8.86. The molecule has 1 aromatic rings. The largest absolute Gasteiger partial charge is 0.480 e. The molecule has 0 radical (unpaired) electrons. The normalized spacial score (nSPS) is 10.0. The van der Waals surface area contributed by atoms with Gasteiger partial charge in [-0.15, -0.1) is 6.58 Å². The Morgan fingerprint density at radius 1 is 1.63 bits per heavy atom. The van der Waals surface area contributed by atoms with E-state index in [2.05, 4.69) is 22.5 Å². The van der Waals surface area contributed by atoms with Gasteiger partial charge < -0.3 is 10.0 Å². The third kappa shape index (κ3) is 3.75. The first-order valence-electron chi connectivity index (χ1n) is 5.08. The average Bonchev–Trinajstić information content (AvgIpc) is 2.30. The Labute approximate surface area is 116 Å². The monoisotopic (exact) mass is 332 g/mol. The second-order valence-electron chi connectivity index (χ2n) is 3.58. The molecule has 0 aliphatic heterocycles. The lowest BCUT2D eigenvalue weighted by atomic mass is 10.2. The van der Waals surface area contributed by atoms with E-state index in [-0.39, 0.29) is 22.4 Å². The molecule has 8 heteroatoms. The summed E-state index contributed by atoms with van der Waals surface area (Å²) in [6.07, 6.45) is 1.38. The number of hydrogen-bond acceptors (Lipinski definition) is 4. The van der Waals surface area contributed by atoms with Gasteiger partial charge in [-0.05, 0) is 15.9 Å². The van der Waals surface area contributed by atoms with E-state index < -0.39 is 23.3 Å².